The Labute approximate surface area is 155 Å². The van der Waals surface area contributed by atoms with E-state index in [0.717, 1.165) is 0 Å². The highest BCUT2D eigenvalue weighted by atomic mass is 35.5. The van der Waals surface area contributed by atoms with Gasteiger partial charge in [0, 0.05) is 12.1 Å². The van der Waals surface area contributed by atoms with Gasteiger partial charge in [0.2, 0.25) is 0 Å². The number of nitrogens with zero attached hydrogens (tertiary/aromatic N) is 3. The lowest BCUT2D eigenvalue weighted by Gasteiger charge is -2.10. The molecule has 2 saturated heterocycles. The molecule has 1 aromatic rings. The second-order valence-electron chi connectivity index (χ2n) is 5.72. The van der Waals surface area contributed by atoms with Crippen LogP contribution in [0.3, 0.4) is 0 Å². The molecule has 3 rings (SSSR count). The van der Waals surface area contributed by atoms with Crippen molar-refractivity contribution in [2.45, 2.75) is 26.3 Å². The predicted molar refractivity (Wildman–Crippen MR) is 99.8 cm³/mol. The lowest BCUT2D eigenvalue weighted by molar-refractivity contribution is -0.121. The number of halogens is 1. The number of likely N-dealkylation sites (N-methyl/N-ethyl adjacent to an activating group) is 1. The van der Waals surface area contributed by atoms with Gasteiger partial charge >= 0.3 is 0 Å². The molecule has 1 atom stereocenters. The first-order valence-electron chi connectivity index (χ1n) is 7.44. The molecule has 2 fully saturated rings. The topological polar surface area (TPSA) is 72.3 Å². The van der Waals surface area contributed by atoms with Gasteiger partial charge in [-0.25, -0.2) is 13.1 Å². The number of aryl methyl sites for hydroxylation is 1. The van der Waals surface area contributed by atoms with Crippen LogP contribution in [-0.4, -0.2) is 51.4 Å². The number of amides is 1. The molecule has 1 aromatic heterocycles. The number of thiocarbonyl (C=S) groups is 1. The zero-order valence-corrected chi connectivity index (χ0v) is 16.4. The fraction of sp³-hybridized carbons (Fsp3) is 0.500. The molecule has 2 aliphatic rings. The van der Waals surface area contributed by atoms with Crippen molar-refractivity contribution in [2.75, 3.05) is 18.1 Å². The Hall–Kier alpha value is -0.900. The second-order valence-corrected chi connectivity index (χ2v) is 9.98. The minimum absolute atomic E-state index is 0.0469. The summed E-state index contributed by atoms with van der Waals surface area (Å²) in [5, 5.41) is 4.75. The zero-order valence-electron chi connectivity index (χ0n) is 13.2. The van der Waals surface area contributed by atoms with Gasteiger partial charge in [-0.1, -0.05) is 35.6 Å². The number of sulfone groups is 1. The molecule has 0 radical (unpaired) electrons. The summed E-state index contributed by atoms with van der Waals surface area (Å²) >= 11 is 12.9. The van der Waals surface area contributed by atoms with Gasteiger partial charge in [-0.2, -0.15) is 5.10 Å². The van der Waals surface area contributed by atoms with Gasteiger partial charge < -0.3 is 0 Å². The Morgan fingerprint density at radius 2 is 2.21 bits per heavy atom. The fourth-order valence-electron chi connectivity index (χ4n) is 2.81. The fourth-order valence-corrected chi connectivity index (χ4v) is 6.24. The predicted octanol–water partition coefficient (Wildman–Crippen LogP) is 2.43. The molecule has 0 saturated carbocycles. The SMILES string of the molecule is CCN1C(=O)/C(=C\c2c(C)nn([C@@H]3CCS(=O)(=O)C3)c2Cl)SC1=S. The van der Waals surface area contributed by atoms with Gasteiger partial charge in [-0.3, -0.25) is 9.69 Å². The quantitative estimate of drug-likeness (QED) is 0.568. The van der Waals surface area contributed by atoms with E-state index in [1.165, 1.54) is 16.7 Å². The maximum Gasteiger partial charge on any atom is 0.266 e. The molecule has 0 aliphatic carbocycles. The number of hydrogen-bond acceptors (Lipinski definition) is 6. The maximum atomic E-state index is 12.3. The highest BCUT2D eigenvalue weighted by molar-refractivity contribution is 8.26. The van der Waals surface area contributed by atoms with E-state index < -0.39 is 9.84 Å². The molecular weight excluding hydrogens is 390 g/mol. The van der Waals surface area contributed by atoms with Crippen LogP contribution >= 0.6 is 35.6 Å². The molecule has 1 amide bonds. The molecule has 6 nitrogen and oxygen atoms in total. The number of rotatable bonds is 3. The van der Waals surface area contributed by atoms with Crippen LogP contribution in [-0.2, 0) is 14.6 Å². The van der Waals surface area contributed by atoms with E-state index in [0.29, 0.717) is 38.6 Å². The van der Waals surface area contributed by atoms with Gasteiger partial charge in [-0.05, 0) is 26.3 Å². The van der Waals surface area contributed by atoms with E-state index in [-0.39, 0.29) is 23.5 Å². The molecule has 10 heteroatoms. The third-order valence-corrected chi connectivity index (χ3v) is 7.60. The van der Waals surface area contributed by atoms with Crippen molar-refractivity contribution in [2.24, 2.45) is 0 Å². The number of carbonyl (C=O) groups excluding carboxylic acids is 1. The minimum atomic E-state index is -3.03. The number of thioether (sulfide) groups is 1. The average Bonchev–Trinajstić information content (AvgIpc) is 3.09. The van der Waals surface area contributed by atoms with E-state index in [1.807, 2.05) is 6.92 Å². The van der Waals surface area contributed by atoms with Crippen molar-refractivity contribution >= 4 is 61.7 Å². The van der Waals surface area contributed by atoms with E-state index >= 15 is 0 Å². The molecule has 0 unspecified atom stereocenters. The molecule has 0 bridgehead atoms. The van der Waals surface area contributed by atoms with E-state index in [2.05, 4.69) is 5.10 Å². The van der Waals surface area contributed by atoms with Crippen molar-refractivity contribution < 1.29 is 13.2 Å². The zero-order chi connectivity index (χ0) is 17.6. The summed E-state index contributed by atoms with van der Waals surface area (Å²) in [4.78, 5) is 14.4. The smallest absolute Gasteiger partial charge is 0.266 e. The third kappa shape index (κ3) is 3.14. The summed E-state index contributed by atoms with van der Waals surface area (Å²) in [6.45, 7) is 4.18. The van der Waals surface area contributed by atoms with E-state index in [1.54, 1.807) is 17.7 Å². The Balaban J connectivity index is 1.95. The summed E-state index contributed by atoms with van der Waals surface area (Å²) in [6.07, 6.45) is 2.19. The standard InChI is InChI=1S/C14H16ClN3O3S3/c1-3-17-13(19)11(23-14(17)22)6-10-8(2)16-18(12(10)15)9-4-5-24(20,21)7-9/h6,9H,3-5,7H2,1-2H3/b11-6+/t9-/m1/s1. The number of carbonyl (C=O) groups is 1. The van der Waals surface area contributed by atoms with Crippen LogP contribution in [0.2, 0.25) is 5.15 Å². The summed E-state index contributed by atoms with van der Waals surface area (Å²) in [5.41, 5.74) is 1.30. The number of aromatic nitrogens is 2. The van der Waals surface area contributed by atoms with Crippen LogP contribution in [0.1, 0.15) is 30.6 Å². The molecule has 0 spiro atoms. The lowest BCUT2D eigenvalue weighted by Crippen LogP contribution is -2.27. The summed E-state index contributed by atoms with van der Waals surface area (Å²) < 4.78 is 25.4. The van der Waals surface area contributed by atoms with Crippen LogP contribution in [0.25, 0.3) is 6.08 Å². The first-order chi connectivity index (χ1) is 11.2. The Kier molecular flexibility index (Phi) is 4.80. The summed E-state index contributed by atoms with van der Waals surface area (Å²) in [7, 11) is -3.03. The summed E-state index contributed by atoms with van der Waals surface area (Å²) in [6, 6.07) is -0.256. The number of hydrogen-bond donors (Lipinski definition) is 0. The van der Waals surface area contributed by atoms with Crippen molar-refractivity contribution in [3.8, 4) is 0 Å². The average molecular weight is 406 g/mol. The maximum absolute atomic E-state index is 12.3. The third-order valence-electron chi connectivity index (χ3n) is 4.09. The van der Waals surface area contributed by atoms with Crippen LogP contribution in [0.5, 0.6) is 0 Å². The van der Waals surface area contributed by atoms with Crippen molar-refractivity contribution in [1.82, 2.24) is 14.7 Å². The first-order valence-corrected chi connectivity index (χ1v) is 10.9. The largest absolute Gasteiger partial charge is 0.293 e. The monoisotopic (exact) mass is 405 g/mol. The summed E-state index contributed by atoms with van der Waals surface area (Å²) in [5.74, 6) is 0.0574. The van der Waals surface area contributed by atoms with E-state index in [9.17, 15) is 13.2 Å². The minimum Gasteiger partial charge on any atom is -0.293 e. The second kappa shape index (κ2) is 6.44. The van der Waals surface area contributed by atoms with Crippen molar-refractivity contribution in [3.63, 3.8) is 0 Å². The van der Waals surface area contributed by atoms with Crippen molar-refractivity contribution in [1.29, 1.82) is 0 Å². The highest BCUT2D eigenvalue weighted by Gasteiger charge is 2.34. The van der Waals surface area contributed by atoms with Crippen LogP contribution < -0.4 is 0 Å². The van der Waals surface area contributed by atoms with Crippen LogP contribution in [0, 0.1) is 6.92 Å². The molecule has 130 valence electrons. The van der Waals surface area contributed by atoms with E-state index in [4.69, 9.17) is 23.8 Å². The van der Waals surface area contributed by atoms with Crippen molar-refractivity contribution in [3.05, 3.63) is 21.3 Å². The van der Waals surface area contributed by atoms with Gasteiger partial charge in [0.15, 0.2) is 9.84 Å². The Morgan fingerprint density at radius 1 is 1.50 bits per heavy atom. The molecule has 24 heavy (non-hydrogen) atoms. The highest BCUT2D eigenvalue weighted by Crippen LogP contribution is 2.36. The molecule has 0 N–H and O–H groups in total. The first kappa shape index (κ1) is 17.9. The molecule has 2 aliphatic heterocycles. The van der Waals surface area contributed by atoms with Crippen LogP contribution in [0.15, 0.2) is 4.91 Å². The Bertz CT molecular complexity index is 860. The van der Waals surface area contributed by atoms with Crippen LogP contribution in [0.4, 0.5) is 0 Å². The normalized spacial score (nSPS) is 25.2. The van der Waals surface area contributed by atoms with Gasteiger partial charge in [0.05, 0.1) is 28.1 Å². The van der Waals surface area contributed by atoms with Gasteiger partial charge in [-0.15, -0.1) is 0 Å². The van der Waals surface area contributed by atoms with Gasteiger partial charge in [0.25, 0.3) is 5.91 Å². The van der Waals surface area contributed by atoms with Gasteiger partial charge in [0.1, 0.15) is 9.47 Å². The molecular formula is C14H16ClN3O3S3. The Morgan fingerprint density at radius 3 is 2.75 bits per heavy atom. The molecule has 0 aromatic carbocycles. The lowest BCUT2D eigenvalue weighted by atomic mass is 10.2. The molecule has 3 heterocycles.